The molecule has 0 atom stereocenters. The van der Waals surface area contributed by atoms with E-state index in [0.29, 0.717) is 0 Å². The average molecular weight is 521 g/mol. The Hall–Kier alpha value is -3.90. The van der Waals surface area contributed by atoms with Gasteiger partial charge in [0.2, 0.25) is 0 Å². The number of non-ortho nitro benzene ring substituents is 1. The second kappa shape index (κ2) is 11.2. The second-order valence-electron chi connectivity index (χ2n) is 10.2. The van der Waals surface area contributed by atoms with Crippen molar-refractivity contribution < 1.29 is 4.92 Å². The molecule has 2 aliphatic heterocycles. The van der Waals surface area contributed by atoms with E-state index < -0.39 is 0 Å². The predicted octanol–water partition coefficient (Wildman–Crippen LogP) is 2.90. The number of nitrogen functional groups attached to an aromatic ring is 1. The highest BCUT2D eigenvalue weighted by Crippen LogP contribution is 2.29. The summed E-state index contributed by atoms with van der Waals surface area (Å²) in [5.41, 5.74) is 8.65. The Morgan fingerprint density at radius 1 is 0.763 bits per heavy atom. The van der Waals surface area contributed by atoms with Gasteiger partial charge in [0.15, 0.2) is 11.6 Å². The minimum absolute atomic E-state index is 0.104. The summed E-state index contributed by atoms with van der Waals surface area (Å²) < 4.78 is 0. The number of rotatable bonds is 3. The zero-order valence-corrected chi connectivity index (χ0v) is 22.1. The monoisotopic (exact) mass is 520 g/mol. The third-order valence-corrected chi connectivity index (χ3v) is 7.34. The molecule has 2 aromatic heterocycles. The van der Waals surface area contributed by atoms with Crippen molar-refractivity contribution in [3.8, 4) is 0 Å². The maximum Gasteiger partial charge on any atom is 0.270 e. The van der Waals surface area contributed by atoms with Crippen LogP contribution in [0.25, 0.3) is 21.8 Å². The largest absolute Gasteiger partial charge is 0.399 e. The number of fused-ring (bicyclic) bond motifs is 2. The summed E-state index contributed by atoms with van der Waals surface area (Å²) in [6, 6.07) is 10.7. The first-order valence-electron chi connectivity index (χ1n) is 13.1. The summed E-state index contributed by atoms with van der Waals surface area (Å²) in [5, 5.41) is 27.7. The number of nitro groups is 1. The molecule has 12 heteroatoms. The lowest BCUT2D eigenvalue weighted by Crippen LogP contribution is -2.29. The Kier molecular flexibility index (Phi) is 7.61. The van der Waals surface area contributed by atoms with Gasteiger partial charge in [0.1, 0.15) is 0 Å². The number of nitrogens with zero attached hydrogens (tertiary/aromatic N) is 7. The van der Waals surface area contributed by atoms with Crippen molar-refractivity contribution >= 4 is 44.8 Å². The van der Waals surface area contributed by atoms with Crippen molar-refractivity contribution in [2.24, 2.45) is 0 Å². The molecule has 202 valence electrons. The number of aromatic amines is 2. The molecular formula is C26H36N10O2. The number of nitro benzene ring substituents is 1. The summed E-state index contributed by atoms with van der Waals surface area (Å²) in [6.07, 6.45) is 2.24. The van der Waals surface area contributed by atoms with Crippen LogP contribution in [-0.2, 0) is 0 Å². The number of nitrogens with two attached hydrogens (primary N) is 1. The van der Waals surface area contributed by atoms with Gasteiger partial charge in [-0.1, -0.05) is 0 Å². The molecule has 2 fully saturated rings. The van der Waals surface area contributed by atoms with Crippen LogP contribution >= 0.6 is 0 Å². The Balaban J connectivity index is 0.000000156. The van der Waals surface area contributed by atoms with Gasteiger partial charge in [-0.2, -0.15) is 10.2 Å². The lowest BCUT2D eigenvalue weighted by Gasteiger charge is -2.20. The molecule has 0 unspecified atom stereocenters. The van der Waals surface area contributed by atoms with Crippen LogP contribution in [0, 0.1) is 10.1 Å². The fourth-order valence-electron chi connectivity index (χ4n) is 5.12. The van der Waals surface area contributed by atoms with Gasteiger partial charge in [-0.05, 0) is 64.3 Å². The number of hydrogen-bond donors (Lipinski definition) is 3. The van der Waals surface area contributed by atoms with E-state index in [1.807, 2.05) is 18.2 Å². The van der Waals surface area contributed by atoms with Gasteiger partial charge in [-0.15, -0.1) is 0 Å². The van der Waals surface area contributed by atoms with Gasteiger partial charge in [-0.3, -0.25) is 20.3 Å². The zero-order valence-electron chi connectivity index (χ0n) is 22.1. The summed E-state index contributed by atoms with van der Waals surface area (Å²) in [5.74, 6) is 1.85. The molecule has 4 N–H and O–H groups in total. The van der Waals surface area contributed by atoms with Gasteiger partial charge < -0.3 is 25.3 Å². The van der Waals surface area contributed by atoms with Gasteiger partial charge in [-0.25, -0.2) is 0 Å². The van der Waals surface area contributed by atoms with E-state index in [1.165, 1.54) is 12.5 Å². The molecule has 0 aliphatic carbocycles. The predicted molar refractivity (Wildman–Crippen MR) is 152 cm³/mol. The lowest BCUT2D eigenvalue weighted by atomic mass is 10.2. The molecule has 0 amide bonds. The molecule has 2 saturated heterocycles. The quantitative estimate of drug-likeness (QED) is 0.211. The minimum Gasteiger partial charge on any atom is -0.399 e. The van der Waals surface area contributed by atoms with Gasteiger partial charge in [0, 0.05) is 62.5 Å². The molecule has 2 aromatic carbocycles. The molecule has 12 nitrogen and oxygen atoms in total. The maximum atomic E-state index is 10.9. The molecule has 4 aromatic rings. The molecule has 6 rings (SSSR count). The standard InChI is InChI=1S/C13H17N5O2.C13H19N5/c1-16-5-2-6-17(8-7-16)13-11-9-10(18(19)20)3-4-12(11)14-15-13;1-17-5-2-6-18(8-7-17)13-11-9-10(14)3-4-12(11)15-16-13/h3-4,9H,2,5-8H2,1H3,(H,14,15);3-4,9H,2,5-8,14H2,1H3,(H,15,16). The Morgan fingerprint density at radius 2 is 1.29 bits per heavy atom. The normalized spacial score (nSPS) is 17.7. The van der Waals surface area contributed by atoms with Crippen molar-refractivity contribution in [3.05, 3.63) is 46.5 Å². The number of anilines is 3. The number of benzene rings is 2. The number of likely N-dealkylation sites (N-methyl/N-ethyl adjacent to an activating group) is 2. The highest BCUT2D eigenvalue weighted by atomic mass is 16.6. The van der Waals surface area contributed by atoms with Crippen molar-refractivity contribution in [1.29, 1.82) is 0 Å². The molecule has 38 heavy (non-hydrogen) atoms. The van der Waals surface area contributed by atoms with E-state index in [-0.39, 0.29) is 10.6 Å². The third kappa shape index (κ3) is 5.65. The SMILES string of the molecule is CN1CCCN(c2n[nH]c3ccc(N)cc23)CC1.CN1CCCN(c2n[nH]c3ccc([N+](=O)[O-])cc23)CC1. The van der Waals surface area contributed by atoms with E-state index in [2.05, 4.69) is 54.1 Å². The van der Waals surface area contributed by atoms with Crippen LogP contribution in [0.15, 0.2) is 36.4 Å². The van der Waals surface area contributed by atoms with E-state index in [0.717, 1.165) is 97.9 Å². The van der Waals surface area contributed by atoms with Crippen LogP contribution < -0.4 is 15.5 Å². The summed E-state index contributed by atoms with van der Waals surface area (Å²) in [4.78, 5) is 19.7. The van der Waals surface area contributed by atoms with Crippen molar-refractivity contribution in [2.75, 3.05) is 82.0 Å². The van der Waals surface area contributed by atoms with Crippen LogP contribution in [0.1, 0.15) is 12.8 Å². The highest BCUT2D eigenvalue weighted by Gasteiger charge is 2.19. The van der Waals surface area contributed by atoms with Crippen LogP contribution in [-0.4, -0.2) is 102 Å². The van der Waals surface area contributed by atoms with Crippen molar-refractivity contribution in [3.63, 3.8) is 0 Å². The Labute approximate surface area is 221 Å². The summed E-state index contributed by atoms with van der Waals surface area (Å²) >= 11 is 0. The highest BCUT2D eigenvalue weighted by molar-refractivity contribution is 5.93. The van der Waals surface area contributed by atoms with Crippen LogP contribution in [0.2, 0.25) is 0 Å². The van der Waals surface area contributed by atoms with Gasteiger partial charge in [0.25, 0.3) is 5.69 Å². The van der Waals surface area contributed by atoms with Gasteiger partial charge >= 0.3 is 0 Å². The number of hydrogen-bond acceptors (Lipinski definition) is 9. The van der Waals surface area contributed by atoms with Crippen LogP contribution in [0.5, 0.6) is 0 Å². The molecule has 2 aliphatic rings. The number of aromatic nitrogens is 4. The first-order chi connectivity index (χ1) is 18.4. The minimum atomic E-state index is -0.369. The third-order valence-electron chi connectivity index (χ3n) is 7.34. The zero-order chi connectivity index (χ0) is 26.6. The number of nitrogens with one attached hydrogen (secondary N) is 2. The smallest absolute Gasteiger partial charge is 0.270 e. The first-order valence-corrected chi connectivity index (χ1v) is 13.1. The van der Waals surface area contributed by atoms with E-state index in [9.17, 15) is 10.1 Å². The Morgan fingerprint density at radius 3 is 1.84 bits per heavy atom. The molecular weight excluding hydrogens is 484 g/mol. The molecule has 0 radical (unpaired) electrons. The maximum absolute atomic E-state index is 10.9. The average Bonchev–Trinajstić information content (AvgIpc) is 3.37. The molecule has 0 bridgehead atoms. The number of H-pyrrole nitrogens is 2. The van der Waals surface area contributed by atoms with E-state index >= 15 is 0 Å². The Bertz CT molecular complexity index is 1400. The van der Waals surface area contributed by atoms with Crippen LogP contribution in [0.4, 0.5) is 23.0 Å². The van der Waals surface area contributed by atoms with E-state index in [4.69, 9.17) is 5.73 Å². The topological polar surface area (TPSA) is 139 Å². The fraction of sp³-hybridized carbons (Fsp3) is 0.462. The van der Waals surface area contributed by atoms with Crippen molar-refractivity contribution in [1.82, 2.24) is 30.2 Å². The summed E-state index contributed by atoms with van der Waals surface area (Å²) in [6.45, 7) is 8.16. The summed E-state index contributed by atoms with van der Waals surface area (Å²) in [7, 11) is 4.28. The van der Waals surface area contributed by atoms with Crippen LogP contribution in [0.3, 0.4) is 0 Å². The molecule has 4 heterocycles. The van der Waals surface area contributed by atoms with E-state index in [1.54, 1.807) is 12.1 Å². The lowest BCUT2D eigenvalue weighted by molar-refractivity contribution is -0.384. The fourth-order valence-corrected chi connectivity index (χ4v) is 5.12. The first kappa shape index (κ1) is 25.7. The van der Waals surface area contributed by atoms with Gasteiger partial charge in [0.05, 0.1) is 21.3 Å². The molecule has 0 spiro atoms. The molecule has 0 saturated carbocycles. The second-order valence-corrected chi connectivity index (χ2v) is 10.2. The van der Waals surface area contributed by atoms with Crippen molar-refractivity contribution in [2.45, 2.75) is 12.8 Å².